The molecule has 0 aliphatic heterocycles. The molecule has 1 N–H and O–H groups in total. The van der Waals surface area contributed by atoms with E-state index >= 15 is 0 Å². The third kappa shape index (κ3) is 3.87. The SMILES string of the molecule is CCNC(C)c1ccc(-c2cc(C(F)(F)F)ccc2Br)s1. The zero-order chi connectivity index (χ0) is 15.6. The molecule has 1 heterocycles. The molecule has 1 atom stereocenters. The number of alkyl halides is 3. The van der Waals surface area contributed by atoms with Crippen molar-refractivity contribution in [3.05, 3.63) is 45.2 Å². The van der Waals surface area contributed by atoms with Crippen molar-refractivity contribution >= 4 is 27.3 Å². The minimum atomic E-state index is -4.33. The molecule has 21 heavy (non-hydrogen) atoms. The normalized spacial score (nSPS) is 13.4. The topological polar surface area (TPSA) is 12.0 Å². The summed E-state index contributed by atoms with van der Waals surface area (Å²) in [6, 6.07) is 7.75. The molecule has 1 unspecified atom stereocenters. The number of hydrogen-bond donors (Lipinski definition) is 1. The van der Waals surface area contributed by atoms with Crippen molar-refractivity contribution < 1.29 is 13.2 Å². The van der Waals surface area contributed by atoms with Gasteiger partial charge in [0.25, 0.3) is 0 Å². The molecule has 0 bridgehead atoms. The van der Waals surface area contributed by atoms with Crippen molar-refractivity contribution in [2.45, 2.75) is 26.1 Å². The second-order valence-electron chi connectivity index (χ2n) is 4.67. The van der Waals surface area contributed by atoms with Crippen LogP contribution in [0.15, 0.2) is 34.8 Å². The summed E-state index contributed by atoms with van der Waals surface area (Å²) < 4.78 is 39.1. The van der Waals surface area contributed by atoms with Gasteiger partial charge in [-0.05, 0) is 43.8 Å². The quantitative estimate of drug-likeness (QED) is 0.702. The van der Waals surface area contributed by atoms with Gasteiger partial charge in [0, 0.05) is 25.8 Å². The zero-order valence-electron chi connectivity index (χ0n) is 11.6. The Kier molecular flexibility index (Phi) is 5.11. The molecule has 0 aliphatic rings. The average molecular weight is 378 g/mol. The molecule has 2 aromatic rings. The highest BCUT2D eigenvalue weighted by atomic mass is 79.9. The third-order valence-corrected chi connectivity index (χ3v) is 5.12. The Morgan fingerprint density at radius 2 is 1.95 bits per heavy atom. The Morgan fingerprint density at radius 1 is 1.24 bits per heavy atom. The lowest BCUT2D eigenvalue weighted by atomic mass is 10.1. The minimum absolute atomic E-state index is 0.193. The molecule has 1 aromatic carbocycles. The summed E-state index contributed by atoms with van der Waals surface area (Å²) in [4.78, 5) is 1.93. The molecule has 0 spiro atoms. The smallest absolute Gasteiger partial charge is 0.310 e. The summed E-state index contributed by atoms with van der Waals surface area (Å²) in [5.41, 5.74) is -0.0554. The minimum Gasteiger partial charge on any atom is -0.310 e. The molecule has 1 aromatic heterocycles. The number of rotatable bonds is 4. The largest absolute Gasteiger partial charge is 0.416 e. The summed E-state index contributed by atoms with van der Waals surface area (Å²) >= 11 is 4.84. The summed E-state index contributed by atoms with van der Waals surface area (Å²) in [6.45, 7) is 4.91. The van der Waals surface area contributed by atoms with E-state index in [-0.39, 0.29) is 6.04 Å². The lowest BCUT2D eigenvalue weighted by molar-refractivity contribution is -0.137. The Bertz CT molecular complexity index is 622. The molecular formula is C15H15BrF3NS. The fourth-order valence-electron chi connectivity index (χ4n) is 2.03. The first kappa shape index (κ1) is 16.5. The molecule has 0 saturated carbocycles. The van der Waals surface area contributed by atoms with Crippen molar-refractivity contribution in [3.63, 3.8) is 0 Å². The van der Waals surface area contributed by atoms with E-state index in [0.717, 1.165) is 22.4 Å². The van der Waals surface area contributed by atoms with E-state index in [1.54, 1.807) is 0 Å². The van der Waals surface area contributed by atoms with Gasteiger partial charge in [0.2, 0.25) is 0 Å². The van der Waals surface area contributed by atoms with E-state index in [2.05, 4.69) is 21.2 Å². The molecule has 2 rings (SSSR count). The Hall–Kier alpha value is -0.850. The predicted octanol–water partition coefficient (Wildman–Crippen LogP) is 5.87. The van der Waals surface area contributed by atoms with E-state index in [1.807, 2.05) is 26.0 Å². The molecule has 114 valence electrons. The highest BCUT2D eigenvalue weighted by molar-refractivity contribution is 9.10. The lowest BCUT2D eigenvalue weighted by Crippen LogP contribution is -2.16. The maximum absolute atomic E-state index is 12.8. The first-order valence-electron chi connectivity index (χ1n) is 6.53. The van der Waals surface area contributed by atoms with Crippen molar-refractivity contribution in [3.8, 4) is 10.4 Å². The van der Waals surface area contributed by atoms with E-state index in [9.17, 15) is 13.2 Å². The van der Waals surface area contributed by atoms with E-state index in [1.165, 1.54) is 23.5 Å². The average Bonchev–Trinajstić information content (AvgIpc) is 2.87. The van der Waals surface area contributed by atoms with Crippen LogP contribution in [0, 0.1) is 0 Å². The molecule has 0 aliphatic carbocycles. The van der Waals surface area contributed by atoms with Crippen molar-refractivity contribution in [1.82, 2.24) is 5.32 Å². The lowest BCUT2D eigenvalue weighted by Gasteiger charge is -2.10. The van der Waals surface area contributed by atoms with Gasteiger partial charge in [-0.1, -0.05) is 22.9 Å². The van der Waals surface area contributed by atoms with Crippen LogP contribution in [-0.2, 0) is 6.18 Å². The first-order valence-corrected chi connectivity index (χ1v) is 8.14. The first-order chi connectivity index (χ1) is 9.82. The van der Waals surface area contributed by atoms with Crippen LogP contribution < -0.4 is 5.32 Å². The molecule has 6 heteroatoms. The van der Waals surface area contributed by atoms with E-state index in [0.29, 0.717) is 10.0 Å². The summed E-state index contributed by atoms with van der Waals surface area (Å²) in [5.74, 6) is 0. The van der Waals surface area contributed by atoms with Gasteiger partial charge in [-0.15, -0.1) is 11.3 Å². The van der Waals surface area contributed by atoms with Crippen LogP contribution in [0.4, 0.5) is 13.2 Å². The maximum atomic E-state index is 12.8. The predicted molar refractivity (Wildman–Crippen MR) is 84.5 cm³/mol. The standard InChI is InChI=1S/C15H15BrF3NS/c1-3-20-9(2)13-6-7-14(21-13)11-8-10(15(17,18)19)4-5-12(11)16/h4-9,20H,3H2,1-2H3. The molecule has 1 nitrogen and oxygen atoms in total. The number of benzene rings is 1. The maximum Gasteiger partial charge on any atom is 0.416 e. The fraction of sp³-hybridized carbons (Fsp3) is 0.333. The van der Waals surface area contributed by atoms with Crippen LogP contribution in [0.2, 0.25) is 0 Å². The fourth-order valence-corrected chi connectivity index (χ4v) is 3.68. The van der Waals surface area contributed by atoms with Gasteiger partial charge in [0.05, 0.1) is 5.56 Å². The van der Waals surface area contributed by atoms with Gasteiger partial charge in [-0.25, -0.2) is 0 Å². The number of halogens is 4. The van der Waals surface area contributed by atoms with Gasteiger partial charge in [-0.2, -0.15) is 13.2 Å². The molecule has 0 amide bonds. The molecule has 0 fully saturated rings. The van der Waals surface area contributed by atoms with Crippen LogP contribution in [0.25, 0.3) is 10.4 Å². The van der Waals surface area contributed by atoms with Crippen LogP contribution in [-0.4, -0.2) is 6.54 Å². The van der Waals surface area contributed by atoms with Gasteiger partial charge >= 0.3 is 6.18 Å². The van der Waals surface area contributed by atoms with E-state index in [4.69, 9.17) is 0 Å². The highest BCUT2D eigenvalue weighted by Crippen LogP contribution is 2.39. The Morgan fingerprint density at radius 3 is 2.57 bits per heavy atom. The van der Waals surface area contributed by atoms with Gasteiger partial charge in [0.15, 0.2) is 0 Å². The molecule has 0 saturated heterocycles. The molecule has 0 radical (unpaired) electrons. The zero-order valence-corrected chi connectivity index (χ0v) is 14.0. The summed E-state index contributed by atoms with van der Waals surface area (Å²) in [7, 11) is 0. The Balaban J connectivity index is 2.38. The van der Waals surface area contributed by atoms with Crippen LogP contribution in [0.5, 0.6) is 0 Å². The van der Waals surface area contributed by atoms with Crippen molar-refractivity contribution in [1.29, 1.82) is 0 Å². The second-order valence-corrected chi connectivity index (χ2v) is 6.64. The second kappa shape index (κ2) is 6.50. The molecular weight excluding hydrogens is 363 g/mol. The van der Waals surface area contributed by atoms with Crippen LogP contribution in [0.1, 0.15) is 30.3 Å². The van der Waals surface area contributed by atoms with Crippen LogP contribution >= 0.6 is 27.3 Å². The van der Waals surface area contributed by atoms with Gasteiger partial charge in [0.1, 0.15) is 0 Å². The van der Waals surface area contributed by atoms with Gasteiger partial charge in [-0.3, -0.25) is 0 Å². The van der Waals surface area contributed by atoms with Crippen molar-refractivity contribution in [2.75, 3.05) is 6.54 Å². The summed E-state index contributed by atoms with van der Waals surface area (Å²) in [6.07, 6.45) is -4.33. The number of nitrogens with one attached hydrogen (secondary N) is 1. The highest BCUT2D eigenvalue weighted by Gasteiger charge is 2.31. The summed E-state index contributed by atoms with van der Waals surface area (Å²) in [5, 5.41) is 3.30. The number of hydrogen-bond acceptors (Lipinski definition) is 2. The monoisotopic (exact) mass is 377 g/mol. The van der Waals surface area contributed by atoms with Crippen LogP contribution in [0.3, 0.4) is 0 Å². The van der Waals surface area contributed by atoms with E-state index < -0.39 is 11.7 Å². The number of thiophene rings is 1. The Labute approximate surface area is 134 Å². The van der Waals surface area contributed by atoms with Crippen molar-refractivity contribution in [2.24, 2.45) is 0 Å². The third-order valence-electron chi connectivity index (χ3n) is 3.12. The van der Waals surface area contributed by atoms with Gasteiger partial charge < -0.3 is 5.32 Å².